The van der Waals surface area contributed by atoms with E-state index in [1.54, 1.807) is 4.90 Å². The minimum Gasteiger partial charge on any atom is -0.353 e. The number of rotatable bonds is 6. The molecule has 2 atom stereocenters. The van der Waals surface area contributed by atoms with Crippen LogP contribution < -0.4 is 10.6 Å². The van der Waals surface area contributed by atoms with Crippen molar-refractivity contribution in [3.63, 3.8) is 0 Å². The summed E-state index contributed by atoms with van der Waals surface area (Å²) in [5.41, 5.74) is 0. The van der Waals surface area contributed by atoms with Gasteiger partial charge in [-0.05, 0) is 39.7 Å². The molecule has 0 aromatic heterocycles. The molecule has 1 aliphatic rings. The zero-order valence-electron chi connectivity index (χ0n) is 12.8. The number of hydrogen-bond donors (Lipinski definition) is 2. The van der Waals surface area contributed by atoms with Gasteiger partial charge in [0, 0.05) is 25.6 Å². The van der Waals surface area contributed by atoms with Crippen molar-refractivity contribution in [3.05, 3.63) is 0 Å². The maximum Gasteiger partial charge on any atom is 0.242 e. The van der Waals surface area contributed by atoms with E-state index in [9.17, 15) is 9.59 Å². The lowest BCUT2D eigenvalue weighted by Gasteiger charge is -2.35. The van der Waals surface area contributed by atoms with E-state index in [0.29, 0.717) is 13.0 Å². The first-order valence-electron chi connectivity index (χ1n) is 7.34. The van der Waals surface area contributed by atoms with Crippen molar-refractivity contribution in [1.82, 2.24) is 15.5 Å². The first kappa shape index (κ1) is 19.2. The van der Waals surface area contributed by atoms with Gasteiger partial charge in [0.05, 0.1) is 0 Å². The molecule has 1 aliphatic heterocycles. The van der Waals surface area contributed by atoms with E-state index in [1.165, 1.54) is 0 Å². The van der Waals surface area contributed by atoms with Crippen LogP contribution in [-0.4, -0.2) is 48.9 Å². The van der Waals surface area contributed by atoms with Gasteiger partial charge >= 0.3 is 0 Å². The molecular formula is C14H28ClN3O2. The Hall–Kier alpha value is -0.810. The standard InChI is InChI=1S/C14H27N3O2.ClH/c1-4-7-13(18)17-9-6-5-8-12(17)14(19)16-10-11(2)15-3;/h11-12,15H,4-10H2,1-3H3,(H,16,19);1H. The molecule has 2 N–H and O–H groups in total. The summed E-state index contributed by atoms with van der Waals surface area (Å²) in [7, 11) is 1.87. The molecule has 0 aromatic carbocycles. The summed E-state index contributed by atoms with van der Waals surface area (Å²) < 4.78 is 0. The van der Waals surface area contributed by atoms with E-state index in [-0.39, 0.29) is 36.3 Å². The summed E-state index contributed by atoms with van der Waals surface area (Å²) >= 11 is 0. The van der Waals surface area contributed by atoms with Crippen LogP contribution in [0.2, 0.25) is 0 Å². The van der Waals surface area contributed by atoms with E-state index in [0.717, 1.165) is 32.2 Å². The van der Waals surface area contributed by atoms with Crippen LogP contribution in [0, 0.1) is 0 Å². The third kappa shape index (κ3) is 5.67. The lowest BCUT2D eigenvalue weighted by molar-refractivity contribution is -0.142. The highest BCUT2D eigenvalue weighted by Gasteiger charge is 2.31. The van der Waals surface area contributed by atoms with Crippen molar-refractivity contribution in [2.24, 2.45) is 0 Å². The van der Waals surface area contributed by atoms with Crippen LogP contribution in [0.4, 0.5) is 0 Å². The molecule has 5 nitrogen and oxygen atoms in total. The van der Waals surface area contributed by atoms with E-state index >= 15 is 0 Å². The number of amides is 2. The second-order valence-corrected chi connectivity index (χ2v) is 5.28. The normalized spacial score (nSPS) is 19.9. The third-order valence-corrected chi connectivity index (χ3v) is 3.66. The van der Waals surface area contributed by atoms with E-state index in [4.69, 9.17) is 0 Å². The molecule has 0 saturated carbocycles. The summed E-state index contributed by atoms with van der Waals surface area (Å²) in [6.45, 7) is 5.33. The number of hydrogen-bond acceptors (Lipinski definition) is 3. The molecule has 1 saturated heterocycles. The Morgan fingerprint density at radius 3 is 2.65 bits per heavy atom. The molecule has 2 amide bonds. The Kier molecular flexibility index (Phi) is 9.59. The van der Waals surface area contributed by atoms with Crippen molar-refractivity contribution in [2.75, 3.05) is 20.1 Å². The lowest BCUT2D eigenvalue weighted by atomic mass is 10.0. The molecule has 0 spiro atoms. The Morgan fingerprint density at radius 1 is 1.35 bits per heavy atom. The Morgan fingerprint density at radius 2 is 2.05 bits per heavy atom. The maximum atomic E-state index is 12.2. The largest absolute Gasteiger partial charge is 0.353 e. The van der Waals surface area contributed by atoms with Gasteiger partial charge in [0.2, 0.25) is 11.8 Å². The van der Waals surface area contributed by atoms with Crippen molar-refractivity contribution in [2.45, 2.75) is 58.0 Å². The number of nitrogens with zero attached hydrogens (tertiary/aromatic N) is 1. The van der Waals surface area contributed by atoms with E-state index in [1.807, 2.05) is 20.9 Å². The molecule has 0 radical (unpaired) electrons. The molecule has 118 valence electrons. The Bertz CT molecular complexity index is 313. The highest BCUT2D eigenvalue weighted by Crippen LogP contribution is 2.18. The summed E-state index contributed by atoms with van der Waals surface area (Å²) in [5, 5.41) is 6.02. The van der Waals surface area contributed by atoms with Crippen LogP contribution >= 0.6 is 12.4 Å². The SMILES string of the molecule is CCCC(=O)N1CCCCC1C(=O)NCC(C)NC.Cl. The summed E-state index contributed by atoms with van der Waals surface area (Å²) in [6.07, 6.45) is 4.19. The van der Waals surface area contributed by atoms with Crippen LogP contribution in [0.15, 0.2) is 0 Å². The topological polar surface area (TPSA) is 61.4 Å². The quantitative estimate of drug-likeness (QED) is 0.778. The van der Waals surface area contributed by atoms with Crippen LogP contribution in [-0.2, 0) is 9.59 Å². The monoisotopic (exact) mass is 305 g/mol. The minimum absolute atomic E-state index is 0. The number of nitrogens with one attached hydrogen (secondary N) is 2. The number of halogens is 1. The fourth-order valence-corrected chi connectivity index (χ4v) is 2.33. The summed E-state index contributed by atoms with van der Waals surface area (Å²) in [5.74, 6) is 0.107. The van der Waals surface area contributed by atoms with Gasteiger partial charge in [0.15, 0.2) is 0 Å². The molecule has 1 fully saturated rings. The lowest BCUT2D eigenvalue weighted by Crippen LogP contribution is -2.53. The van der Waals surface area contributed by atoms with E-state index in [2.05, 4.69) is 10.6 Å². The number of carbonyl (C=O) groups excluding carboxylic acids is 2. The summed E-state index contributed by atoms with van der Waals surface area (Å²) in [6, 6.07) is -0.0239. The Labute approximate surface area is 128 Å². The van der Waals surface area contributed by atoms with Crippen LogP contribution in [0.5, 0.6) is 0 Å². The van der Waals surface area contributed by atoms with Gasteiger partial charge in [-0.3, -0.25) is 9.59 Å². The second-order valence-electron chi connectivity index (χ2n) is 5.28. The van der Waals surface area contributed by atoms with Crippen LogP contribution in [0.1, 0.15) is 46.0 Å². The maximum absolute atomic E-state index is 12.2. The van der Waals surface area contributed by atoms with Gasteiger partial charge < -0.3 is 15.5 Å². The molecule has 0 aromatic rings. The first-order valence-corrected chi connectivity index (χ1v) is 7.34. The fourth-order valence-electron chi connectivity index (χ4n) is 2.33. The molecule has 0 bridgehead atoms. The third-order valence-electron chi connectivity index (χ3n) is 3.66. The average Bonchev–Trinajstić information content (AvgIpc) is 2.44. The zero-order chi connectivity index (χ0) is 14.3. The highest BCUT2D eigenvalue weighted by molar-refractivity contribution is 5.87. The smallest absolute Gasteiger partial charge is 0.242 e. The first-order chi connectivity index (χ1) is 9.10. The minimum atomic E-state index is -0.267. The average molecular weight is 306 g/mol. The van der Waals surface area contributed by atoms with Crippen LogP contribution in [0.3, 0.4) is 0 Å². The van der Waals surface area contributed by atoms with Crippen LogP contribution in [0.25, 0.3) is 0 Å². The number of likely N-dealkylation sites (N-methyl/N-ethyl adjacent to an activating group) is 1. The zero-order valence-corrected chi connectivity index (χ0v) is 13.6. The van der Waals surface area contributed by atoms with Gasteiger partial charge in [0.25, 0.3) is 0 Å². The predicted molar refractivity (Wildman–Crippen MR) is 83.0 cm³/mol. The molecule has 2 unspecified atom stereocenters. The van der Waals surface area contributed by atoms with Crippen molar-refractivity contribution in [3.8, 4) is 0 Å². The molecule has 20 heavy (non-hydrogen) atoms. The number of carbonyl (C=O) groups is 2. The number of likely N-dealkylation sites (tertiary alicyclic amines) is 1. The number of piperidine rings is 1. The molecule has 6 heteroatoms. The van der Waals surface area contributed by atoms with Crippen molar-refractivity contribution < 1.29 is 9.59 Å². The molecule has 1 rings (SSSR count). The van der Waals surface area contributed by atoms with Gasteiger partial charge in [-0.15, -0.1) is 12.4 Å². The van der Waals surface area contributed by atoms with Gasteiger partial charge in [-0.25, -0.2) is 0 Å². The van der Waals surface area contributed by atoms with Crippen molar-refractivity contribution >= 4 is 24.2 Å². The van der Waals surface area contributed by atoms with E-state index < -0.39 is 0 Å². The fraction of sp³-hybridized carbons (Fsp3) is 0.857. The van der Waals surface area contributed by atoms with Crippen molar-refractivity contribution in [1.29, 1.82) is 0 Å². The van der Waals surface area contributed by atoms with Gasteiger partial charge in [0.1, 0.15) is 6.04 Å². The van der Waals surface area contributed by atoms with Gasteiger partial charge in [-0.1, -0.05) is 6.92 Å². The Balaban J connectivity index is 0.00000361. The highest BCUT2D eigenvalue weighted by atomic mass is 35.5. The van der Waals surface area contributed by atoms with Gasteiger partial charge in [-0.2, -0.15) is 0 Å². The molecule has 0 aliphatic carbocycles. The molecular weight excluding hydrogens is 278 g/mol. The molecule has 1 heterocycles. The second kappa shape index (κ2) is 10.00. The predicted octanol–water partition coefficient (Wildman–Crippen LogP) is 1.31. The summed E-state index contributed by atoms with van der Waals surface area (Å²) in [4.78, 5) is 26.0.